The summed E-state index contributed by atoms with van der Waals surface area (Å²) in [4.78, 5) is -0.465. The number of hydrogen-bond donors (Lipinski definition) is 4. The summed E-state index contributed by atoms with van der Waals surface area (Å²) in [6, 6.07) is -5.09. The van der Waals surface area contributed by atoms with Crippen LogP contribution in [0.3, 0.4) is 0 Å². The van der Waals surface area contributed by atoms with E-state index in [4.69, 9.17) is 15.3 Å². The van der Waals surface area contributed by atoms with Crippen molar-refractivity contribution in [2.24, 2.45) is 0 Å². The van der Waals surface area contributed by atoms with Gasteiger partial charge in [0, 0.05) is 7.05 Å². The minimum Gasteiger partial charge on any atom is -0.411 e. The first-order valence-corrected chi connectivity index (χ1v) is 6.08. The Hall–Kier alpha value is -0.330. The summed E-state index contributed by atoms with van der Waals surface area (Å²) >= 11 is 8.33. The van der Waals surface area contributed by atoms with Crippen LogP contribution in [0.2, 0.25) is 0 Å². The molecule has 0 aliphatic carbocycles. The van der Waals surface area contributed by atoms with Crippen molar-refractivity contribution in [3.8, 4) is 0 Å². The molecule has 0 radical (unpaired) electrons. The molecule has 0 fully saturated rings. The van der Waals surface area contributed by atoms with Gasteiger partial charge in [-0.3, -0.25) is 0 Å². The lowest BCUT2D eigenvalue weighted by Crippen LogP contribution is -2.70. The predicted octanol–water partition coefficient (Wildman–Crippen LogP) is -0.209. The highest BCUT2D eigenvalue weighted by Gasteiger charge is 2.73. The van der Waals surface area contributed by atoms with Gasteiger partial charge in [-0.1, -0.05) is 11.2 Å². The summed E-state index contributed by atoms with van der Waals surface area (Å²) in [7, 11) is 0.457. The van der Waals surface area contributed by atoms with E-state index in [1.54, 1.807) is 0 Å². The zero-order valence-electron chi connectivity index (χ0n) is 10.4. The Bertz CT molecular complexity index is 370. The van der Waals surface area contributed by atoms with Crippen molar-refractivity contribution >= 4 is 29.2 Å². The molecule has 0 saturated carbocycles. The first kappa shape index (κ1) is 19.7. The van der Waals surface area contributed by atoms with Gasteiger partial charge >= 0.3 is 17.8 Å². The van der Waals surface area contributed by atoms with Gasteiger partial charge in [-0.15, -0.1) is 0 Å². The van der Waals surface area contributed by atoms with Gasteiger partial charge in [-0.25, -0.2) is 4.39 Å². The van der Waals surface area contributed by atoms with E-state index in [9.17, 15) is 22.7 Å². The number of rotatable bonds is 6. The lowest BCUT2D eigenvalue weighted by atomic mass is 9.95. The Morgan fingerprint density at radius 3 is 1.95 bits per heavy atom. The molecule has 4 N–H and O–H groups in total. The topological polar surface area (TPSA) is 84.2 Å². The van der Waals surface area contributed by atoms with Crippen molar-refractivity contribution in [3.63, 3.8) is 0 Å². The predicted molar refractivity (Wildman–Crippen MR) is 67.1 cm³/mol. The summed E-state index contributed by atoms with van der Waals surface area (Å²) in [6.07, 6.45) is -5.52. The fourth-order valence-corrected chi connectivity index (χ4v) is 1.45. The van der Waals surface area contributed by atoms with Crippen LogP contribution in [-0.2, 0) is 12.6 Å². The third-order valence-corrected chi connectivity index (χ3v) is 3.28. The Morgan fingerprint density at radius 2 is 1.65 bits per heavy atom. The molecule has 0 spiro atoms. The van der Waals surface area contributed by atoms with Crippen LogP contribution in [0.5, 0.6) is 0 Å². The highest BCUT2D eigenvalue weighted by molar-refractivity contribution is 8.00. The fourth-order valence-electron chi connectivity index (χ4n) is 1.22. The highest BCUT2D eigenvalue weighted by atomic mass is 32.1. The molecular formula is C9H14F4NO4S2-. The molecule has 0 aliphatic heterocycles. The van der Waals surface area contributed by atoms with E-state index in [0.29, 0.717) is 7.05 Å². The lowest BCUT2D eigenvalue weighted by molar-refractivity contribution is -0.412. The van der Waals surface area contributed by atoms with Crippen LogP contribution >= 0.6 is 12.2 Å². The largest absolute Gasteiger partial charge is 0.411 e. The second-order valence-electron chi connectivity index (χ2n) is 4.08. The number of alkyl halides is 4. The van der Waals surface area contributed by atoms with Crippen molar-refractivity contribution in [2.75, 3.05) is 7.05 Å². The number of thiocarbonyl (C=S) groups is 1. The number of likely N-dealkylation sites (N-methyl/N-ethyl adjacent to an activating group) is 1. The van der Waals surface area contributed by atoms with Crippen LogP contribution < -0.4 is 0 Å². The normalized spacial score (nSPS) is 21.5. The van der Waals surface area contributed by atoms with E-state index in [0.717, 1.165) is 0 Å². The van der Waals surface area contributed by atoms with Gasteiger partial charge in [0.15, 0.2) is 0 Å². The molecule has 5 nitrogen and oxygen atoms in total. The lowest BCUT2D eigenvalue weighted by Gasteiger charge is -2.44. The van der Waals surface area contributed by atoms with Gasteiger partial charge < -0.3 is 50.2 Å². The molecule has 0 saturated heterocycles. The molecule has 0 aromatic heterocycles. The van der Waals surface area contributed by atoms with Crippen LogP contribution in [0.25, 0.3) is 0 Å². The smallest absolute Gasteiger partial charge is 0.388 e. The first-order valence-electron chi connectivity index (χ1n) is 5.26. The monoisotopic (exact) mass is 340 g/mol. The van der Waals surface area contributed by atoms with E-state index in [2.05, 4.69) is 24.8 Å². The maximum Gasteiger partial charge on any atom is 0.388 e. The molecule has 0 heterocycles. The van der Waals surface area contributed by atoms with Crippen molar-refractivity contribution in [3.05, 3.63) is 0 Å². The minimum atomic E-state index is -5.28. The fraction of sp³-hybridized carbons (Fsp3) is 0.889. The quantitative estimate of drug-likeness (QED) is 0.230. The molecule has 120 valence electrons. The average Bonchev–Trinajstić information content (AvgIpc) is 2.34. The standard InChI is InChI=1S/C9H15F4NO4S2/c1-3-4(15)5(16)7(10,17)8(11,18)9(12,13)14(2)6(19)20/h4-5,15-18H,3H2,1-2H3,(H,19,20)/p-1. The molecule has 0 aromatic rings. The van der Waals surface area contributed by atoms with E-state index >= 15 is 0 Å². The Balaban J connectivity index is 5.65. The van der Waals surface area contributed by atoms with Crippen LogP contribution in [0.15, 0.2) is 0 Å². The van der Waals surface area contributed by atoms with Crippen LogP contribution in [-0.4, -0.2) is 66.7 Å². The van der Waals surface area contributed by atoms with Crippen LogP contribution in [0.4, 0.5) is 17.6 Å². The molecule has 20 heavy (non-hydrogen) atoms. The first-order chi connectivity index (χ1) is 8.75. The maximum atomic E-state index is 13.8. The van der Waals surface area contributed by atoms with E-state index in [1.807, 2.05) is 0 Å². The molecule has 4 unspecified atom stereocenters. The van der Waals surface area contributed by atoms with Crippen molar-refractivity contribution in [1.82, 2.24) is 4.90 Å². The molecule has 0 rings (SSSR count). The second kappa shape index (κ2) is 6.20. The molecule has 0 aliphatic rings. The Kier molecular flexibility index (Phi) is 6.09. The molecule has 11 heteroatoms. The Morgan fingerprint density at radius 1 is 1.25 bits per heavy atom. The van der Waals surface area contributed by atoms with Crippen molar-refractivity contribution < 1.29 is 38.0 Å². The van der Waals surface area contributed by atoms with Gasteiger partial charge in [0.2, 0.25) is 0 Å². The van der Waals surface area contributed by atoms with Gasteiger partial charge in [0.05, 0.1) is 6.10 Å². The van der Waals surface area contributed by atoms with Crippen LogP contribution in [0, 0.1) is 0 Å². The summed E-state index contributed by atoms with van der Waals surface area (Å²) < 4.78 is 53.7. The van der Waals surface area contributed by atoms with Crippen molar-refractivity contribution in [2.45, 2.75) is 43.3 Å². The summed E-state index contributed by atoms with van der Waals surface area (Å²) in [6.45, 7) is 1.20. The van der Waals surface area contributed by atoms with E-state index in [1.165, 1.54) is 6.92 Å². The number of halogens is 4. The minimum absolute atomic E-state index is 0.398. The number of aliphatic hydroxyl groups is 4. The van der Waals surface area contributed by atoms with E-state index < -0.39 is 45.6 Å². The SMILES string of the molecule is CCC(O)C(O)C(O)(F)C(O)(F)C(F)(F)N(C)C(=S)[S-]. The zero-order chi connectivity index (χ0) is 16.5. The number of nitrogens with zero attached hydrogens (tertiary/aromatic N) is 1. The summed E-state index contributed by atoms with van der Waals surface area (Å²) in [5.74, 6) is -10.2. The van der Waals surface area contributed by atoms with Gasteiger partial charge in [0.25, 0.3) is 0 Å². The third-order valence-electron chi connectivity index (χ3n) is 2.73. The molecule has 0 bridgehead atoms. The molecule has 0 amide bonds. The van der Waals surface area contributed by atoms with Gasteiger partial charge in [-0.05, 0) is 6.42 Å². The third kappa shape index (κ3) is 3.12. The maximum absolute atomic E-state index is 13.8. The summed E-state index contributed by atoms with van der Waals surface area (Å²) in [5.41, 5.74) is 0. The molecule has 4 atom stereocenters. The Labute approximate surface area is 123 Å². The number of hydrogen-bond acceptors (Lipinski definition) is 6. The zero-order valence-corrected chi connectivity index (χ0v) is 12.1. The molecular weight excluding hydrogens is 326 g/mol. The highest BCUT2D eigenvalue weighted by Crippen LogP contribution is 2.44. The van der Waals surface area contributed by atoms with Gasteiger partial charge in [0.1, 0.15) is 6.10 Å². The van der Waals surface area contributed by atoms with Gasteiger partial charge in [-0.2, -0.15) is 13.2 Å². The average molecular weight is 340 g/mol. The van der Waals surface area contributed by atoms with Crippen molar-refractivity contribution in [1.29, 1.82) is 0 Å². The second-order valence-corrected chi connectivity index (χ2v) is 5.11. The number of aliphatic hydroxyl groups excluding tert-OH is 2. The summed E-state index contributed by atoms with van der Waals surface area (Å²) in [5, 5.41) is 36.4. The van der Waals surface area contributed by atoms with Crippen LogP contribution in [0.1, 0.15) is 13.3 Å². The molecule has 0 aromatic carbocycles. The van der Waals surface area contributed by atoms with E-state index in [-0.39, 0.29) is 0 Å².